The second kappa shape index (κ2) is 10.1. The minimum absolute atomic E-state index is 0.0497. The van der Waals surface area contributed by atoms with Gasteiger partial charge >= 0.3 is 0 Å². The Morgan fingerprint density at radius 1 is 1.22 bits per heavy atom. The summed E-state index contributed by atoms with van der Waals surface area (Å²) < 4.78 is 7.70. The van der Waals surface area contributed by atoms with Crippen molar-refractivity contribution >= 4 is 5.91 Å². The number of ether oxygens (including phenoxy) is 1. The topological polar surface area (TPSA) is 59.4 Å². The largest absolute Gasteiger partial charge is 0.496 e. The number of benzene rings is 1. The van der Waals surface area contributed by atoms with Gasteiger partial charge in [-0.3, -0.25) is 4.79 Å². The summed E-state index contributed by atoms with van der Waals surface area (Å²) in [6, 6.07) is 5.16. The van der Waals surface area contributed by atoms with E-state index in [2.05, 4.69) is 52.7 Å². The zero-order valence-corrected chi connectivity index (χ0v) is 20.1. The van der Waals surface area contributed by atoms with Gasteiger partial charge in [-0.15, -0.1) is 0 Å². The predicted molar refractivity (Wildman–Crippen MR) is 128 cm³/mol. The molecule has 2 atom stereocenters. The molecule has 2 aromatic rings. The first-order valence-corrected chi connectivity index (χ1v) is 12.2. The van der Waals surface area contributed by atoms with Crippen LogP contribution in [0.25, 0.3) is 0 Å². The fourth-order valence-electron chi connectivity index (χ4n) is 5.43. The highest BCUT2D eigenvalue weighted by atomic mass is 16.5. The quantitative estimate of drug-likeness (QED) is 0.657. The minimum Gasteiger partial charge on any atom is -0.496 e. The van der Waals surface area contributed by atoms with Gasteiger partial charge < -0.3 is 19.5 Å². The van der Waals surface area contributed by atoms with Gasteiger partial charge in [-0.25, -0.2) is 4.98 Å². The minimum atomic E-state index is -0.0497. The van der Waals surface area contributed by atoms with Crippen molar-refractivity contribution in [3.63, 3.8) is 0 Å². The van der Waals surface area contributed by atoms with Crippen LogP contribution in [0.2, 0.25) is 0 Å². The van der Waals surface area contributed by atoms with E-state index in [1.165, 1.54) is 42.5 Å². The molecule has 2 aliphatic rings. The zero-order valence-electron chi connectivity index (χ0n) is 20.1. The summed E-state index contributed by atoms with van der Waals surface area (Å²) in [5.41, 5.74) is 4.25. The Morgan fingerprint density at radius 2 is 2.00 bits per heavy atom. The summed E-state index contributed by atoms with van der Waals surface area (Å²) in [6.45, 7) is 10.4. The average Bonchev–Trinajstić information content (AvgIpc) is 3.21. The molecule has 6 heteroatoms. The number of aromatic nitrogens is 2. The maximum absolute atomic E-state index is 12.7. The third-order valence-corrected chi connectivity index (χ3v) is 7.23. The van der Waals surface area contributed by atoms with Crippen LogP contribution in [0.5, 0.6) is 5.75 Å². The molecule has 0 bridgehead atoms. The molecule has 1 amide bonds. The van der Waals surface area contributed by atoms with E-state index >= 15 is 0 Å². The number of likely N-dealkylation sites (tertiary alicyclic amines) is 1. The fraction of sp³-hybridized carbons (Fsp3) is 0.615. The van der Waals surface area contributed by atoms with Crippen LogP contribution in [0.1, 0.15) is 77.9 Å². The number of piperidine rings is 1. The number of nitrogens with one attached hydrogen (secondary N) is 1. The van der Waals surface area contributed by atoms with Gasteiger partial charge in [-0.2, -0.15) is 0 Å². The Labute approximate surface area is 192 Å². The number of carbonyl (C=O) groups excluding carboxylic acids is 1. The number of fused-ring (bicyclic) bond motifs is 1. The molecule has 1 fully saturated rings. The van der Waals surface area contributed by atoms with Crippen LogP contribution in [-0.4, -0.2) is 53.1 Å². The monoisotopic (exact) mass is 438 g/mol. The standard InChI is InChI=1S/C26H38N4O2/c1-18-14-22(15-19(2)25(18)32-4)21-9-10-24-28-23(17-30(24)16-21)26(31)27-11-7-13-29-12-6-5-8-20(29)3/h14-15,17,20-21H,5-13,16H2,1-4H3,(H,27,31)/t20-,21+/m1/s1. The lowest BCUT2D eigenvalue weighted by molar-refractivity contribution is 0.0944. The highest BCUT2D eigenvalue weighted by Crippen LogP contribution is 2.33. The first-order chi connectivity index (χ1) is 15.5. The molecule has 32 heavy (non-hydrogen) atoms. The van der Waals surface area contributed by atoms with Gasteiger partial charge in [0.1, 0.15) is 17.3 Å². The molecule has 0 spiro atoms. The number of aryl methyl sites for hydroxylation is 3. The van der Waals surface area contributed by atoms with Crippen LogP contribution in [-0.2, 0) is 13.0 Å². The fourth-order valence-corrected chi connectivity index (χ4v) is 5.43. The van der Waals surface area contributed by atoms with Crippen molar-refractivity contribution in [1.29, 1.82) is 0 Å². The van der Waals surface area contributed by atoms with Crippen molar-refractivity contribution in [2.45, 2.75) is 77.8 Å². The van der Waals surface area contributed by atoms with E-state index in [0.29, 0.717) is 24.2 Å². The van der Waals surface area contributed by atoms with Crippen LogP contribution in [0.15, 0.2) is 18.3 Å². The SMILES string of the molecule is COc1c(C)cc([C@H]2CCc3nc(C(=O)NCCCN4CCCC[C@H]4C)cn3C2)cc1C. The van der Waals surface area contributed by atoms with E-state index < -0.39 is 0 Å². The van der Waals surface area contributed by atoms with Crippen molar-refractivity contribution in [3.05, 3.63) is 46.5 Å². The molecule has 3 heterocycles. The van der Waals surface area contributed by atoms with Crippen LogP contribution in [0, 0.1) is 13.8 Å². The number of amides is 1. The first-order valence-electron chi connectivity index (χ1n) is 12.2. The third-order valence-electron chi connectivity index (χ3n) is 7.23. The van der Waals surface area contributed by atoms with Crippen LogP contribution in [0.3, 0.4) is 0 Å². The van der Waals surface area contributed by atoms with Crippen molar-refractivity contribution < 1.29 is 9.53 Å². The normalized spacial score (nSPS) is 21.2. The lowest BCUT2D eigenvalue weighted by atomic mass is 9.89. The Balaban J connectivity index is 1.32. The van der Waals surface area contributed by atoms with Gasteiger partial charge in [0.15, 0.2) is 0 Å². The maximum Gasteiger partial charge on any atom is 0.271 e. The smallest absolute Gasteiger partial charge is 0.271 e. The molecule has 0 saturated carbocycles. The van der Waals surface area contributed by atoms with Crippen molar-refractivity contribution in [2.24, 2.45) is 0 Å². The summed E-state index contributed by atoms with van der Waals surface area (Å²) >= 11 is 0. The molecule has 1 saturated heterocycles. The zero-order chi connectivity index (χ0) is 22.7. The lowest BCUT2D eigenvalue weighted by Gasteiger charge is -2.33. The molecule has 0 aliphatic carbocycles. The molecular weight excluding hydrogens is 400 g/mol. The lowest BCUT2D eigenvalue weighted by Crippen LogP contribution is -2.39. The van der Waals surface area contributed by atoms with E-state index in [-0.39, 0.29) is 5.91 Å². The molecule has 0 unspecified atom stereocenters. The third kappa shape index (κ3) is 5.01. The Bertz CT molecular complexity index is 928. The van der Waals surface area contributed by atoms with E-state index in [9.17, 15) is 4.79 Å². The Morgan fingerprint density at radius 3 is 2.72 bits per heavy atom. The molecule has 6 nitrogen and oxygen atoms in total. The van der Waals surface area contributed by atoms with E-state index in [4.69, 9.17) is 4.74 Å². The molecule has 1 aromatic carbocycles. The second-order valence-electron chi connectivity index (χ2n) is 9.61. The second-order valence-corrected chi connectivity index (χ2v) is 9.61. The van der Waals surface area contributed by atoms with Gasteiger partial charge in [0, 0.05) is 44.2 Å². The number of hydrogen-bond acceptors (Lipinski definition) is 4. The van der Waals surface area contributed by atoms with Crippen LogP contribution < -0.4 is 10.1 Å². The predicted octanol–water partition coefficient (Wildman–Crippen LogP) is 4.23. The Kier molecular flexibility index (Phi) is 7.19. The molecule has 1 N–H and O–H groups in total. The van der Waals surface area contributed by atoms with Gasteiger partial charge in [0.2, 0.25) is 0 Å². The Hall–Kier alpha value is -2.34. The molecule has 1 aromatic heterocycles. The molecule has 4 rings (SSSR count). The number of methoxy groups -OCH3 is 1. The molecule has 174 valence electrons. The van der Waals surface area contributed by atoms with E-state index in [0.717, 1.165) is 43.9 Å². The molecule has 0 radical (unpaired) electrons. The van der Waals surface area contributed by atoms with Gasteiger partial charge in [-0.1, -0.05) is 18.6 Å². The van der Waals surface area contributed by atoms with Gasteiger partial charge in [-0.05, 0) is 69.7 Å². The molecule has 2 aliphatic heterocycles. The number of carbonyl (C=O) groups is 1. The van der Waals surface area contributed by atoms with E-state index in [1.54, 1.807) is 7.11 Å². The van der Waals surface area contributed by atoms with Crippen LogP contribution >= 0.6 is 0 Å². The summed E-state index contributed by atoms with van der Waals surface area (Å²) in [5.74, 6) is 2.38. The van der Waals surface area contributed by atoms with Crippen molar-refractivity contribution in [2.75, 3.05) is 26.7 Å². The average molecular weight is 439 g/mol. The van der Waals surface area contributed by atoms with Crippen molar-refractivity contribution in [3.8, 4) is 5.75 Å². The summed E-state index contributed by atoms with van der Waals surface area (Å²) in [5, 5.41) is 3.08. The molecular formula is C26H38N4O2. The summed E-state index contributed by atoms with van der Waals surface area (Å²) in [7, 11) is 1.73. The number of nitrogens with zero attached hydrogens (tertiary/aromatic N) is 3. The maximum atomic E-state index is 12.7. The van der Waals surface area contributed by atoms with Gasteiger partial charge in [0.25, 0.3) is 5.91 Å². The summed E-state index contributed by atoms with van der Waals surface area (Å²) in [6.07, 6.45) is 8.82. The van der Waals surface area contributed by atoms with Crippen molar-refractivity contribution in [1.82, 2.24) is 19.8 Å². The first kappa shape index (κ1) is 22.8. The number of hydrogen-bond donors (Lipinski definition) is 1. The van der Waals surface area contributed by atoms with Crippen LogP contribution in [0.4, 0.5) is 0 Å². The number of rotatable bonds is 7. The highest BCUT2D eigenvalue weighted by Gasteiger charge is 2.24. The summed E-state index contributed by atoms with van der Waals surface area (Å²) in [4.78, 5) is 19.9. The number of imidazole rings is 1. The van der Waals surface area contributed by atoms with Gasteiger partial charge in [0.05, 0.1) is 7.11 Å². The van der Waals surface area contributed by atoms with E-state index in [1.807, 2.05) is 6.20 Å². The highest BCUT2D eigenvalue weighted by molar-refractivity contribution is 5.92.